The lowest BCUT2D eigenvalue weighted by atomic mass is 9.89. The van der Waals surface area contributed by atoms with Gasteiger partial charge in [-0.15, -0.1) is 0 Å². The van der Waals surface area contributed by atoms with Crippen LogP contribution in [0.1, 0.15) is 37.9 Å². The third-order valence-corrected chi connectivity index (χ3v) is 5.07. The lowest BCUT2D eigenvalue weighted by Crippen LogP contribution is -2.33. The molecule has 1 aliphatic rings. The zero-order valence-corrected chi connectivity index (χ0v) is 12.1. The number of carbonyl (C=O) groups is 1. The lowest BCUT2D eigenvalue weighted by Gasteiger charge is -2.21. The summed E-state index contributed by atoms with van der Waals surface area (Å²) >= 11 is 0. The first-order chi connectivity index (χ1) is 9.16. The first-order valence-corrected chi connectivity index (χ1v) is 8.18. The second-order valence-electron chi connectivity index (χ2n) is 5.14. The summed E-state index contributed by atoms with van der Waals surface area (Å²) in [6.07, 6.45) is 7.74. The Morgan fingerprint density at radius 3 is 2.79 bits per heavy atom. The quantitative estimate of drug-likeness (QED) is 0.902. The van der Waals surface area contributed by atoms with E-state index in [0.29, 0.717) is 16.6 Å². The molecule has 1 amide bonds. The molecule has 1 aromatic heterocycles. The minimum Gasteiger partial charge on any atom is -0.468 e. The molecule has 19 heavy (non-hydrogen) atoms. The number of hydrogen-bond acceptors (Lipinski definition) is 3. The molecule has 1 aromatic rings. The van der Waals surface area contributed by atoms with Gasteiger partial charge in [-0.05, 0) is 31.7 Å². The summed E-state index contributed by atoms with van der Waals surface area (Å²) in [7, 11) is -1.31. The van der Waals surface area contributed by atoms with Crippen molar-refractivity contribution in [2.24, 2.45) is 5.92 Å². The maximum Gasteiger partial charge on any atom is 0.233 e. The number of nitrogens with one attached hydrogen (secondary N) is 1. The third kappa shape index (κ3) is 4.20. The van der Waals surface area contributed by atoms with Gasteiger partial charge >= 0.3 is 0 Å². The molecule has 0 aliphatic heterocycles. The Morgan fingerprint density at radius 2 is 2.16 bits per heavy atom. The second-order valence-corrected chi connectivity index (χ2v) is 6.56. The fourth-order valence-electron chi connectivity index (χ4n) is 2.51. The van der Waals surface area contributed by atoms with E-state index in [4.69, 9.17) is 4.42 Å². The summed E-state index contributed by atoms with van der Waals surface area (Å²) in [5.41, 5.74) is 0. The zero-order valence-electron chi connectivity index (χ0n) is 11.3. The molecule has 2 rings (SSSR count). The van der Waals surface area contributed by atoms with Crippen LogP contribution in [0.25, 0.3) is 0 Å². The highest BCUT2D eigenvalue weighted by Crippen LogP contribution is 2.22. The molecule has 1 heterocycles. The van der Waals surface area contributed by atoms with Crippen molar-refractivity contribution in [3.63, 3.8) is 0 Å². The van der Waals surface area contributed by atoms with Crippen molar-refractivity contribution in [1.29, 1.82) is 0 Å². The van der Waals surface area contributed by atoms with Crippen LogP contribution in [-0.4, -0.2) is 22.4 Å². The number of carbonyl (C=O) groups excluding carboxylic acids is 1. The molecule has 0 unspecified atom stereocenters. The summed E-state index contributed by atoms with van der Waals surface area (Å²) in [5, 5.41) is 2.90. The van der Waals surface area contributed by atoms with Crippen LogP contribution in [0.4, 0.5) is 0 Å². The highest BCUT2D eigenvalue weighted by Gasteiger charge is 2.17. The van der Waals surface area contributed by atoms with Crippen LogP contribution in [0.15, 0.2) is 21.6 Å². The van der Waals surface area contributed by atoms with E-state index in [1.165, 1.54) is 38.4 Å². The normalized spacial score (nSPS) is 18.2. The van der Waals surface area contributed by atoms with Gasteiger partial charge in [0.1, 0.15) is 11.5 Å². The smallest absolute Gasteiger partial charge is 0.233 e. The molecule has 106 valence electrons. The molecular formula is C14H21NO3S. The molecule has 0 saturated heterocycles. The van der Waals surface area contributed by atoms with Gasteiger partial charge < -0.3 is 9.73 Å². The van der Waals surface area contributed by atoms with Crippen molar-refractivity contribution in [2.75, 3.05) is 12.3 Å². The van der Waals surface area contributed by atoms with Gasteiger partial charge in [0.25, 0.3) is 0 Å². The number of furan rings is 1. The maximum atomic E-state index is 12.0. The van der Waals surface area contributed by atoms with Crippen LogP contribution in [-0.2, 0) is 15.6 Å². The highest BCUT2D eigenvalue weighted by molar-refractivity contribution is 7.85. The molecule has 1 saturated carbocycles. The average molecular weight is 283 g/mol. The van der Waals surface area contributed by atoms with Gasteiger partial charge in [-0.2, -0.15) is 0 Å². The summed E-state index contributed by atoms with van der Waals surface area (Å²) in [5.74, 6) is 1.11. The predicted molar refractivity (Wildman–Crippen MR) is 74.3 cm³/mol. The van der Waals surface area contributed by atoms with Crippen molar-refractivity contribution in [3.05, 3.63) is 18.1 Å². The standard InChI is InChI=1S/C14H21NO3S/c1-11-13(7-8-18-11)19(17)10-14(16)15-9-12-5-3-2-4-6-12/h7-8,12H,2-6,9-10H2,1H3,(H,15,16)/t19-/m1/s1. The van der Waals surface area contributed by atoms with Crippen LogP contribution < -0.4 is 5.32 Å². The topological polar surface area (TPSA) is 59.3 Å². The Bertz CT molecular complexity index is 449. The van der Waals surface area contributed by atoms with Crippen LogP contribution in [0, 0.1) is 12.8 Å². The van der Waals surface area contributed by atoms with E-state index >= 15 is 0 Å². The molecule has 1 aliphatic carbocycles. The molecule has 0 spiro atoms. The van der Waals surface area contributed by atoms with Crippen LogP contribution in [0.5, 0.6) is 0 Å². The Morgan fingerprint density at radius 1 is 1.42 bits per heavy atom. The van der Waals surface area contributed by atoms with Gasteiger partial charge in [-0.25, -0.2) is 0 Å². The van der Waals surface area contributed by atoms with E-state index in [9.17, 15) is 9.00 Å². The van der Waals surface area contributed by atoms with E-state index in [1.807, 2.05) is 0 Å². The van der Waals surface area contributed by atoms with Gasteiger partial charge in [0.05, 0.1) is 22.0 Å². The maximum absolute atomic E-state index is 12.0. The summed E-state index contributed by atoms with van der Waals surface area (Å²) in [6.45, 7) is 2.48. The van der Waals surface area contributed by atoms with Crippen LogP contribution in [0.2, 0.25) is 0 Å². The number of hydrogen-bond donors (Lipinski definition) is 1. The Labute approximate surface area is 116 Å². The fourth-order valence-corrected chi connectivity index (χ4v) is 3.58. The minimum absolute atomic E-state index is 0.0209. The monoisotopic (exact) mass is 283 g/mol. The molecule has 0 bridgehead atoms. The fraction of sp³-hybridized carbons (Fsp3) is 0.643. The summed E-state index contributed by atoms with van der Waals surface area (Å²) < 4.78 is 17.1. The number of amides is 1. The van der Waals surface area contributed by atoms with Crippen molar-refractivity contribution in [3.8, 4) is 0 Å². The number of aryl methyl sites for hydroxylation is 1. The molecule has 5 heteroatoms. The Kier molecular flexibility index (Phi) is 5.19. The highest BCUT2D eigenvalue weighted by atomic mass is 32.2. The summed E-state index contributed by atoms with van der Waals surface area (Å²) in [6, 6.07) is 1.67. The van der Waals surface area contributed by atoms with Gasteiger partial charge in [0, 0.05) is 6.54 Å². The molecular weight excluding hydrogens is 262 g/mol. The molecule has 1 fully saturated rings. The molecule has 4 nitrogen and oxygen atoms in total. The third-order valence-electron chi connectivity index (χ3n) is 3.63. The van der Waals surface area contributed by atoms with Gasteiger partial charge in [0.15, 0.2) is 0 Å². The molecule has 1 N–H and O–H groups in total. The van der Waals surface area contributed by atoms with Gasteiger partial charge in [0.2, 0.25) is 5.91 Å². The summed E-state index contributed by atoms with van der Waals surface area (Å²) in [4.78, 5) is 12.4. The second kappa shape index (κ2) is 6.89. The lowest BCUT2D eigenvalue weighted by molar-refractivity contribution is -0.118. The largest absolute Gasteiger partial charge is 0.468 e. The average Bonchev–Trinajstić information content (AvgIpc) is 2.84. The Balaban J connectivity index is 1.75. The zero-order chi connectivity index (χ0) is 13.7. The van der Waals surface area contributed by atoms with E-state index in [1.54, 1.807) is 13.0 Å². The van der Waals surface area contributed by atoms with Crippen LogP contribution in [0.3, 0.4) is 0 Å². The van der Waals surface area contributed by atoms with Gasteiger partial charge in [-0.1, -0.05) is 19.3 Å². The van der Waals surface area contributed by atoms with E-state index in [-0.39, 0.29) is 11.7 Å². The first kappa shape index (κ1) is 14.3. The van der Waals surface area contributed by atoms with Crippen molar-refractivity contribution in [1.82, 2.24) is 5.32 Å². The van der Waals surface area contributed by atoms with Crippen molar-refractivity contribution in [2.45, 2.75) is 43.9 Å². The van der Waals surface area contributed by atoms with Crippen LogP contribution >= 0.6 is 0 Å². The van der Waals surface area contributed by atoms with E-state index < -0.39 is 10.8 Å². The van der Waals surface area contributed by atoms with Crippen molar-refractivity contribution < 1.29 is 13.4 Å². The van der Waals surface area contributed by atoms with Gasteiger partial charge in [-0.3, -0.25) is 9.00 Å². The predicted octanol–water partition coefficient (Wildman–Crippen LogP) is 2.39. The van der Waals surface area contributed by atoms with Crippen molar-refractivity contribution >= 4 is 16.7 Å². The number of rotatable bonds is 5. The molecule has 0 aromatic carbocycles. The molecule has 0 radical (unpaired) electrons. The molecule has 1 atom stereocenters. The SMILES string of the molecule is Cc1occc1[S@](=O)CC(=O)NCC1CCCCC1. The minimum atomic E-state index is -1.31. The van der Waals surface area contributed by atoms with E-state index in [0.717, 1.165) is 6.54 Å². The first-order valence-electron chi connectivity index (χ1n) is 6.86. The van der Waals surface area contributed by atoms with E-state index in [2.05, 4.69) is 5.32 Å². The Hall–Kier alpha value is -1.10.